The molecule has 0 fully saturated rings. The second-order valence-electron chi connectivity index (χ2n) is 17.9. The van der Waals surface area contributed by atoms with E-state index in [9.17, 15) is 73.3 Å². The van der Waals surface area contributed by atoms with Crippen molar-refractivity contribution in [3.05, 3.63) is 108 Å². The number of aromatic amines is 6. The van der Waals surface area contributed by atoms with Crippen LogP contribution in [0.25, 0.3) is 101 Å². The Labute approximate surface area is 454 Å². The summed E-state index contributed by atoms with van der Waals surface area (Å²) >= 11 is 0. The third kappa shape index (κ3) is 11.4. The van der Waals surface area contributed by atoms with Crippen LogP contribution in [0.5, 0.6) is 0 Å². The topological polar surface area (TPSA) is 498 Å². The first-order valence-corrected chi connectivity index (χ1v) is 31.1. The van der Waals surface area contributed by atoms with E-state index in [1.54, 1.807) is 19.1 Å². The molecule has 0 bridgehead atoms. The molecule has 0 radical (unpaired) electrons. The number of hydrogen-bond donors (Lipinski definition) is 12. The van der Waals surface area contributed by atoms with Crippen molar-refractivity contribution >= 4 is 127 Å². The molecule has 12 rings (SSSR count). The molecule has 0 aliphatic rings. The number of H-pyrrole nitrogens is 6. The van der Waals surface area contributed by atoms with Gasteiger partial charge in [-0.1, -0.05) is 12.1 Å². The smallest absolute Gasteiger partial charge is 0.296 e. The lowest BCUT2D eigenvalue weighted by Gasteiger charge is -2.02. The van der Waals surface area contributed by atoms with Gasteiger partial charge in [-0.3, -0.25) is 27.3 Å². The molecule has 0 atom stereocenters. The predicted octanol–water partition coefficient (Wildman–Crippen LogP) is 5.72. The average molecular weight is 1230 g/mol. The SMILES string of the molecule is Cc1cc(S(=O)(=O)O)c2nc(-c3nc4c(S(=O)(=O)O)cc(S(=O)(=O)O)cc4[nH]3)[nH]c2c1.Cc1ccc2nc(-c3nc4c(S(=O)(=O)O)cc(S(=O)(=O)O)cc4[nH]3)[nH]c2c1.Cc1ccc2nc(-c3nc4ccc(S(=O)(=O)O)cc4[nH]3)[nH]c2c1. The highest BCUT2D eigenvalue weighted by Gasteiger charge is 2.27. The minimum Gasteiger partial charge on any atom is -0.335 e. The van der Waals surface area contributed by atoms with E-state index in [2.05, 4.69) is 59.8 Å². The maximum Gasteiger partial charge on any atom is 0.296 e. The van der Waals surface area contributed by atoms with Crippen LogP contribution in [0.2, 0.25) is 0 Å². The molecule has 36 heteroatoms. The number of benzene rings is 6. The monoisotopic (exact) mass is 1220 g/mol. The summed E-state index contributed by atoms with van der Waals surface area (Å²) in [6.07, 6.45) is 0. The number of fused-ring (bicyclic) bond motifs is 6. The number of hydrogen-bond acceptors (Lipinski definition) is 18. The van der Waals surface area contributed by atoms with Crippen LogP contribution in [0, 0.1) is 20.8 Å². The van der Waals surface area contributed by atoms with Gasteiger partial charge >= 0.3 is 0 Å². The molecule has 0 unspecified atom stereocenters. The van der Waals surface area contributed by atoms with Crippen LogP contribution in [0.4, 0.5) is 0 Å². The zero-order valence-electron chi connectivity index (χ0n) is 40.9. The van der Waals surface area contributed by atoms with Crippen molar-refractivity contribution in [2.75, 3.05) is 0 Å². The van der Waals surface area contributed by atoms with E-state index < -0.39 is 85.2 Å². The Kier molecular flexibility index (Phi) is 13.4. The number of nitrogens with zero attached hydrogens (tertiary/aromatic N) is 6. The molecule has 6 aromatic carbocycles. The first kappa shape index (κ1) is 55.9. The van der Waals surface area contributed by atoms with Crippen molar-refractivity contribution in [1.82, 2.24) is 59.8 Å². The largest absolute Gasteiger partial charge is 0.335 e. The Morgan fingerprint density at radius 2 is 0.556 bits per heavy atom. The summed E-state index contributed by atoms with van der Waals surface area (Å²) < 4.78 is 194. The summed E-state index contributed by atoms with van der Waals surface area (Å²) in [4.78, 5) is 39.0. The predicted molar refractivity (Wildman–Crippen MR) is 287 cm³/mol. The van der Waals surface area contributed by atoms with Gasteiger partial charge in [0.15, 0.2) is 34.9 Å². The van der Waals surface area contributed by atoms with Crippen molar-refractivity contribution in [1.29, 1.82) is 0 Å². The van der Waals surface area contributed by atoms with Gasteiger partial charge in [0.1, 0.15) is 31.2 Å². The molecule has 420 valence electrons. The molecule has 0 spiro atoms. The third-order valence-corrected chi connectivity index (χ3v) is 17.0. The van der Waals surface area contributed by atoms with Gasteiger partial charge in [-0.05, 0) is 116 Å². The Morgan fingerprint density at radius 1 is 0.284 bits per heavy atom. The lowest BCUT2D eigenvalue weighted by molar-refractivity contribution is 0.477. The molecule has 12 aromatic rings. The highest BCUT2D eigenvalue weighted by molar-refractivity contribution is 7.87. The molecule has 81 heavy (non-hydrogen) atoms. The standard InChI is InChI=1S/C15H12N4O9S3.C15H12N4O6S2.C15H12N4O3S/c1-6-2-8-12(10(3-6)30(23,24)25)18-14(16-8)15-17-9-4-7(29(20,21)22)5-11(13(9)19-15)31(26,27)28;1-7-2-3-9-10(4-7)17-14(16-9)15-18-11-5-8(26(20,21)22)6-12(13(11)19-15)27(23,24)25;1-8-2-4-10-12(6-8)18-14(16-10)15-17-11-5-3-9(23(20,21)22)7-13(11)19-15/h2-5H,1H3,(H,16,18)(H,17,19)(H,20,21,22)(H,23,24,25)(H,26,27,28);2-6H,1H3,(H,16,17)(H,18,19)(H,20,21,22)(H,23,24,25);2-7H,1H3,(H,16,18)(H,17,19)(H,20,21,22). The van der Waals surface area contributed by atoms with E-state index in [0.29, 0.717) is 51.7 Å². The van der Waals surface area contributed by atoms with Gasteiger partial charge in [-0.15, -0.1) is 0 Å². The lowest BCUT2D eigenvalue weighted by Crippen LogP contribution is -2.04. The molecule has 0 saturated heterocycles. The molecule has 0 aliphatic heterocycles. The third-order valence-electron chi connectivity index (χ3n) is 11.9. The van der Waals surface area contributed by atoms with Crippen LogP contribution in [0.1, 0.15) is 16.7 Å². The average Bonchev–Trinajstić information content (AvgIpc) is 3.67. The maximum absolute atomic E-state index is 11.7. The maximum atomic E-state index is 11.7. The molecule has 30 nitrogen and oxygen atoms in total. The first-order valence-electron chi connectivity index (χ1n) is 22.4. The molecule has 0 saturated carbocycles. The molecule has 6 aromatic heterocycles. The highest BCUT2D eigenvalue weighted by atomic mass is 32.2. The number of aromatic nitrogens is 12. The summed E-state index contributed by atoms with van der Waals surface area (Å²) in [7, 11) is -28.1. The van der Waals surface area contributed by atoms with E-state index in [4.69, 9.17) is 4.55 Å². The number of aryl methyl sites for hydroxylation is 3. The number of imidazole rings is 6. The molecule has 0 aliphatic carbocycles. The minimum absolute atomic E-state index is 0.00983. The minimum atomic E-state index is -4.94. The molecule has 0 amide bonds. The second-order valence-corrected chi connectivity index (χ2v) is 26.3. The van der Waals surface area contributed by atoms with Gasteiger partial charge in [-0.25, -0.2) is 29.9 Å². The zero-order valence-corrected chi connectivity index (χ0v) is 45.8. The van der Waals surface area contributed by atoms with Crippen LogP contribution < -0.4 is 0 Å². The van der Waals surface area contributed by atoms with Gasteiger partial charge in [0.2, 0.25) is 0 Å². The summed E-state index contributed by atoms with van der Waals surface area (Å²) in [6.45, 7) is 5.50. The van der Waals surface area contributed by atoms with E-state index in [0.717, 1.165) is 39.8 Å². The van der Waals surface area contributed by atoms with Crippen LogP contribution in [-0.2, 0) is 60.7 Å². The van der Waals surface area contributed by atoms with Crippen molar-refractivity contribution in [2.45, 2.75) is 50.1 Å². The van der Waals surface area contributed by atoms with Gasteiger partial charge in [0, 0.05) is 0 Å². The van der Waals surface area contributed by atoms with Crippen LogP contribution in [0.15, 0.2) is 120 Å². The summed E-state index contributed by atoms with van der Waals surface area (Å²) in [6, 6.07) is 21.5. The van der Waals surface area contributed by atoms with Crippen molar-refractivity contribution in [2.24, 2.45) is 0 Å². The fourth-order valence-corrected chi connectivity index (χ4v) is 12.1. The van der Waals surface area contributed by atoms with E-state index in [-0.39, 0.29) is 55.5 Å². The Hall–Kier alpha value is -8.40. The number of rotatable bonds is 9. The lowest BCUT2D eigenvalue weighted by atomic mass is 10.2. The van der Waals surface area contributed by atoms with Gasteiger partial charge in [0.05, 0.1) is 64.3 Å². The zero-order chi connectivity index (χ0) is 58.7. The van der Waals surface area contributed by atoms with Crippen LogP contribution in [-0.4, -0.2) is 138 Å². The normalized spacial score (nSPS) is 12.9. The van der Waals surface area contributed by atoms with Gasteiger partial charge in [-0.2, -0.15) is 50.5 Å². The molecular formula is C45H36N12O18S6. The highest BCUT2D eigenvalue weighted by Crippen LogP contribution is 2.32. The van der Waals surface area contributed by atoms with E-state index >= 15 is 0 Å². The fourth-order valence-electron chi connectivity index (χ4n) is 8.30. The van der Waals surface area contributed by atoms with Crippen molar-refractivity contribution in [3.8, 4) is 34.9 Å². The second kappa shape index (κ2) is 19.4. The van der Waals surface area contributed by atoms with Gasteiger partial charge < -0.3 is 29.9 Å². The Balaban J connectivity index is 0.000000138. The van der Waals surface area contributed by atoms with E-state index in [1.165, 1.54) is 24.3 Å². The van der Waals surface area contributed by atoms with E-state index in [1.807, 2.05) is 44.2 Å². The molecule has 6 heterocycles. The van der Waals surface area contributed by atoms with Crippen molar-refractivity contribution < 1.29 is 77.8 Å². The fraction of sp³-hybridized carbons (Fsp3) is 0.0667. The summed E-state index contributed by atoms with van der Waals surface area (Å²) in [5, 5.41) is 0. The summed E-state index contributed by atoms with van der Waals surface area (Å²) in [5.41, 5.74) is 6.22. The Morgan fingerprint density at radius 3 is 0.901 bits per heavy atom. The Bertz CT molecular complexity index is 5360. The van der Waals surface area contributed by atoms with Gasteiger partial charge in [0.25, 0.3) is 60.7 Å². The van der Waals surface area contributed by atoms with Crippen LogP contribution >= 0.6 is 0 Å². The molecular weight excluding hydrogens is 1190 g/mol. The first-order chi connectivity index (χ1) is 37.6. The van der Waals surface area contributed by atoms with Crippen LogP contribution in [0.3, 0.4) is 0 Å². The number of nitrogens with one attached hydrogen (secondary N) is 6. The summed E-state index contributed by atoms with van der Waals surface area (Å²) in [5.74, 6) is 1.29. The molecule has 12 N–H and O–H groups in total. The quantitative estimate of drug-likeness (QED) is 0.0768. The van der Waals surface area contributed by atoms with Crippen molar-refractivity contribution in [3.63, 3.8) is 0 Å².